The Morgan fingerprint density at radius 3 is 2.57 bits per heavy atom. The zero-order chi connectivity index (χ0) is 15.1. The highest BCUT2D eigenvalue weighted by molar-refractivity contribution is 6.04. The molecule has 0 radical (unpaired) electrons. The summed E-state index contributed by atoms with van der Waals surface area (Å²) in [6.07, 6.45) is 3.29. The number of hydrogen-bond acceptors (Lipinski definition) is 3. The van der Waals surface area contributed by atoms with Crippen molar-refractivity contribution in [2.24, 2.45) is 0 Å². The van der Waals surface area contributed by atoms with Gasteiger partial charge in [-0.15, -0.1) is 0 Å². The Hall–Kier alpha value is -2.55. The van der Waals surface area contributed by atoms with Crippen LogP contribution in [0.15, 0.2) is 66.9 Å². The van der Waals surface area contributed by atoms with Gasteiger partial charge in [-0.25, -0.2) is 0 Å². The SMILES string of the molecule is CN(C)C=CC(=O)c1cccc(OCc2ccccc2)c1. The predicted octanol–water partition coefficient (Wildman–Crippen LogP) is 3.52. The number of hydrogen-bond donors (Lipinski definition) is 0. The summed E-state index contributed by atoms with van der Waals surface area (Å²) in [6.45, 7) is 0.492. The second kappa shape index (κ2) is 7.29. The van der Waals surface area contributed by atoms with Crippen LogP contribution in [0, 0.1) is 0 Å². The van der Waals surface area contributed by atoms with E-state index < -0.39 is 0 Å². The molecule has 0 heterocycles. The molecule has 108 valence electrons. The molecule has 3 heteroatoms. The van der Waals surface area contributed by atoms with Gasteiger partial charge >= 0.3 is 0 Å². The van der Waals surface area contributed by atoms with Crippen molar-refractivity contribution in [3.05, 3.63) is 78.0 Å². The van der Waals surface area contributed by atoms with Gasteiger partial charge in [-0.3, -0.25) is 4.79 Å². The third kappa shape index (κ3) is 4.80. The highest BCUT2D eigenvalue weighted by atomic mass is 16.5. The molecule has 2 aromatic rings. The molecule has 0 aliphatic rings. The molecule has 0 saturated heterocycles. The summed E-state index contributed by atoms with van der Waals surface area (Å²) in [5, 5.41) is 0. The molecule has 2 rings (SSSR count). The van der Waals surface area contributed by atoms with Gasteiger partial charge in [0.15, 0.2) is 5.78 Å². The topological polar surface area (TPSA) is 29.5 Å². The number of carbonyl (C=O) groups excluding carboxylic acids is 1. The fourth-order valence-electron chi connectivity index (χ4n) is 1.79. The number of ketones is 1. The molecule has 3 nitrogen and oxygen atoms in total. The van der Waals surface area contributed by atoms with Crippen LogP contribution in [-0.2, 0) is 6.61 Å². The van der Waals surface area contributed by atoms with E-state index in [-0.39, 0.29) is 5.78 Å². The smallest absolute Gasteiger partial charge is 0.187 e. The zero-order valence-electron chi connectivity index (χ0n) is 12.3. The largest absolute Gasteiger partial charge is 0.489 e. The van der Waals surface area contributed by atoms with Crippen LogP contribution in [0.5, 0.6) is 5.75 Å². The van der Waals surface area contributed by atoms with E-state index in [0.717, 1.165) is 5.56 Å². The Labute approximate surface area is 125 Å². The lowest BCUT2D eigenvalue weighted by molar-refractivity contribution is 0.104. The average molecular weight is 281 g/mol. The number of carbonyl (C=O) groups is 1. The second-order valence-corrected chi connectivity index (χ2v) is 4.95. The predicted molar refractivity (Wildman–Crippen MR) is 84.4 cm³/mol. The molecule has 0 saturated carbocycles. The normalized spacial score (nSPS) is 10.6. The summed E-state index contributed by atoms with van der Waals surface area (Å²) < 4.78 is 5.72. The summed E-state index contributed by atoms with van der Waals surface area (Å²) >= 11 is 0. The zero-order valence-corrected chi connectivity index (χ0v) is 12.3. The number of ether oxygens (including phenoxy) is 1. The molecule has 0 bridgehead atoms. The van der Waals surface area contributed by atoms with Crippen LogP contribution < -0.4 is 4.74 Å². The van der Waals surface area contributed by atoms with Crippen LogP contribution in [0.1, 0.15) is 15.9 Å². The van der Waals surface area contributed by atoms with Crippen LogP contribution in [0.4, 0.5) is 0 Å². The first-order valence-corrected chi connectivity index (χ1v) is 6.81. The Morgan fingerprint density at radius 2 is 1.86 bits per heavy atom. The quantitative estimate of drug-likeness (QED) is 0.599. The van der Waals surface area contributed by atoms with Crippen molar-refractivity contribution in [2.75, 3.05) is 14.1 Å². The summed E-state index contributed by atoms with van der Waals surface area (Å²) in [5.41, 5.74) is 1.72. The minimum absolute atomic E-state index is 0.0335. The van der Waals surface area contributed by atoms with E-state index >= 15 is 0 Å². The maximum atomic E-state index is 12.0. The molecule has 0 amide bonds. The molecule has 0 aliphatic carbocycles. The molecule has 2 aromatic carbocycles. The second-order valence-electron chi connectivity index (χ2n) is 4.95. The first-order chi connectivity index (χ1) is 10.1. The lowest BCUT2D eigenvalue weighted by Gasteiger charge is -2.07. The third-order valence-corrected chi connectivity index (χ3v) is 2.89. The van der Waals surface area contributed by atoms with Gasteiger partial charge < -0.3 is 9.64 Å². The average Bonchev–Trinajstić information content (AvgIpc) is 2.52. The van der Waals surface area contributed by atoms with Crippen molar-refractivity contribution in [2.45, 2.75) is 6.61 Å². The summed E-state index contributed by atoms with van der Waals surface area (Å²) in [5.74, 6) is 0.664. The third-order valence-electron chi connectivity index (χ3n) is 2.89. The highest BCUT2D eigenvalue weighted by Crippen LogP contribution is 2.16. The van der Waals surface area contributed by atoms with Crippen LogP contribution in [0.25, 0.3) is 0 Å². The Kier molecular flexibility index (Phi) is 5.16. The van der Waals surface area contributed by atoms with E-state index in [0.29, 0.717) is 17.9 Å². The van der Waals surface area contributed by atoms with Crippen molar-refractivity contribution in [3.63, 3.8) is 0 Å². The molecular weight excluding hydrogens is 262 g/mol. The van der Waals surface area contributed by atoms with E-state index in [1.54, 1.807) is 24.4 Å². The van der Waals surface area contributed by atoms with E-state index in [2.05, 4.69) is 0 Å². The van der Waals surface area contributed by atoms with E-state index in [4.69, 9.17) is 4.74 Å². The molecule has 0 unspecified atom stereocenters. The Balaban J connectivity index is 2.02. The van der Waals surface area contributed by atoms with E-state index in [1.807, 2.05) is 61.5 Å². The van der Waals surface area contributed by atoms with Gasteiger partial charge in [0.05, 0.1) is 0 Å². The Bertz CT molecular complexity index is 618. The highest BCUT2D eigenvalue weighted by Gasteiger charge is 2.04. The molecule has 0 spiro atoms. The number of nitrogens with zero attached hydrogens (tertiary/aromatic N) is 1. The molecular formula is C18H19NO2. The summed E-state index contributed by atoms with van der Waals surface area (Å²) in [4.78, 5) is 13.8. The van der Waals surface area contributed by atoms with Gasteiger partial charge in [0, 0.05) is 31.9 Å². The molecule has 21 heavy (non-hydrogen) atoms. The van der Waals surface area contributed by atoms with Gasteiger partial charge in [-0.2, -0.15) is 0 Å². The van der Waals surface area contributed by atoms with Crippen molar-refractivity contribution in [3.8, 4) is 5.75 Å². The standard InChI is InChI=1S/C18H19NO2/c1-19(2)12-11-18(20)16-9-6-10-17(13-16)21-14-15-7-4-3-5-8-15/h3-13H,14H2,1-2H3. The molecule has 0 aliphatic heterocycles. The minimum atomic E-state index is -0.0335. The number of benzene rings is 2. The molecule has 0 aromatic heterocycles. The van der Waals surface area contributed by atoms with Crippen molar-refractivity contribution in [1.29, 1.82) is 0 Å². The number of rotatable bonds is 6. The maximum absolute atomic E-state index is 12.0. The van der Waals surface area contributed by atoms with Gasteiger partial charge in [0.1, 0.15) is 12.4 Å². The Morgan fingerprint density at radius 1 is 1.10 bits per heavy atom. The van der Waals surface area contributed by atoms with Gasteiger partial charge in [0.25, 0.3) is 0 Å². The van der Waals surface area contributed by atoms with Crippen LogP contribution in [0.2, 0.25) is 0 Å². The fraction of sp³-hybridized carbons (Fsp3) is 0.167. The lowest BCUT2D eigenvalue weighted by Crippen LogP contribution is -2.03. The molecule has 0 atom stereocenters. The number of allylic oxidation sites excluding steroid dienone is 1. The van der Waals surface area contributed by atoms with Crippen LogP contribution in [0.3, 0.4) is 0 Å². The van der Waals surface area contributed by atoms with Crippen LogP contribution in [-0.4, -0.2) is 24.8 Å². The summed E-state index contributed by atoms with van der Waals surface area (Å²) in [6, 6.07) is 17.2. The monoisotopic (exact) mass is 281 g/mol. The van der Waals surface area contributed by atoms with Crippen molar-refractivity contribution < 1.29 is 9.53 Å². The molecule has 0 fully saturated rings. The first-order valence-electron chi connectivity index (χ1n) is 6.81. The lowest BCUT2D eigenvalue weighted by atomic mass is 10.1. The van der Waals surface area contributed by atoms with Crippen molar-refractivity contribution in [1.82, 2.24) is 4.90 Å². The fourth-order valence-corrected chi connectivity index (χ4v) is 1.79. The summed E-state index contributed by atoms with van der Waals surface area (Å²) in [7, 11) is 3.76. The maximum Gasteiger partial charge on any atom is 0.187 e. The van der Waals surface area contributed by atoms with Crippen LogP contribution >= 0.6 is 0 Å². The van der Waals surface area contributed by atoms with E-state index in [9.17, 15) is 4.79 Å². The minimum Gasteiger partial charge on any atom is -0.489 e. The van der Waals surface area contributed by atoms with Crippen molar-refractivity contribution >= 4 is 5.78 Å². The van der Waals surface area contributed by atoms with Gasteiger partial charge in [-0.1, -0.05) is 42.5 Å². The van der Waals surface area contributed by atoms with Gasteiger partial charge in [0.2, 0.25) is 0 Å². The molecule has 0 N–H and O–H groups in total. The first kappa shape index (κ1) is 14.9. The van der Waals surface area contributed by atoms with E-state index in [1.165, 1.54) is 0 Å². The van der Waals surface area contributed by atoms with Gasteiger partial charge in [-0.05, 0) is 17.7 Å².